The lowest BCUT2D eigenvalue weighted by Crippen LogP contribution is -2.43. The molecule has 1 aromatic heterocycles. The number of ether oxygens (including phenoxy) is 1. The SMILES string of the molecule is CC(C)(C)OC(=O)NC1CCC(c2nc(C(=O)NC(CO)C(=O)O)cs2)CC1. The molecule has 1 unspecified atom stereocenters. The molecule has 0 radical (unpaired) electrons. The molecule has 1 heterocycles. The number of hydrogen-bond acceptors (Lipinski definition) is 7. The summed E-state index contributed by atoms with van der Waals surface area (Å²) in [6.45, 7) is 4.77. The maximum absolute atomic E-state index is 12.1. The zero-order chi connectivity index (χ0) is 20.9. The number of alkyl carbamates (subject to hydrolysis) is 1. The molecule has 2 amide bonds. The van der Waals surface area contributed by atoms with Crippen molar-refractivity contribution in [3.8, 4) is 0 Å². The lowest BCUT2D eigenvalue weighted by atomic mass is 9.86. The van der Waals surface area contributed by atoms with E-state index in [0.29, 0.717) is 0 Å². The predicted molar refractivity (Wildman–Crippen MR) is 102 cm³/mol. The molecule has 0 bridgehead atoms. The second-order valence-corrected chi connectivity index (χ2v) is 8.70. The Morgan fingerprint density at radius 2 is 1.93 bits per heavy atom. The van der Waals surface area contributed by atoms with Gasteiger partial charge >= 0.3 is 12.1 Å². The number of aliphatic hydroxyl groups is 1. The van der Waals surface area contributed by atoms with Crippen molar-refractivity contribution < 1.29 is 29.3 Å². The molecule has 0 aliphatic heterocycles. The lowest BCUT2D eigenvalue weighted by Gasteiger charge is -2.29. The first-order chi connectivity index (χ1) is 13.1. The highest BCUT2D eigenvalue weighted by molar-refractivity contribution is 7.09. The molecule has 1 aliphatic carbocycles. The summed E-state index contributed by atoms with van der Waals surface area (Å²) in [7, 11) is 0. The number of nitrogens with one attached hydrogen (secondary N) is 2. The topological polar surface area (TPSA) is 138 Å². The van der Waals surface area contributed by atoms with Gasteiger partial charge in [-0.05, 0) is 46.5 Å². The first-order valence-electron chi connectivity index (χ1n) is 9.18. The quantitative estimate of drug-likeness (QED) is 0.558. The second kappa shape index (κ2) is 9.33. The van der Waals surface area contributed by atoms with Gasteiger partial charge in [-0.3, -0.25) is 4.79 Å². The van der Waals surface area contributed by atoms with Gasteiger partial charge in [-0.25, -0.2) is 14.6 Å². The Morgan fingerprint density at radius 3 is 2.46 bits per heavy atom. The third kappa shape index (κ3) is 6.45. The van der Waals surface area contributed by atoms with E-state index in [1.54, 1.807) is 5.38 Å². The third-order valence-electron chi connectivity index (χ3n) is 4.34. The monoisotopic (exact) mass is 413 g/mol. The fourth-order valence-corrected chi connectivity index (χ4v) is 3.93. The van der Waals surface area contributed by atoms with Gasteiger partial charge in [0.05, 0.1) is 11.6 Å². The van der Waals surface area contributed by atoms with E-state index < -0.39 is 36.2 Å². The summed E-state index contributed by atoms with van der Waals surface area (Å²) in [6, 6.07) is -1.30. The van der Waals surface area contributed by atoms with Crippen molar-refractivity contribution in [2.75, 3.05) is 6.61 Å². The molecule has 2 rings (SSSR count). The maximum atomic E-state index is 12.1. The summed E-state index contributed by atoms with van der Waals surface area (Å²) >= 11 is 1.36. The number of aromatic nitrogens is 1. The van der Waals surface area contributed by atoms with Gasteiger partial charge in [0.15, 0.2) is 6.04 Å². The van der Waals surface area contributed by atoms with E-state index in [-0.39, 0.29) is 17.7 Å². The van der Waals surface area contributed by atoms with E-state index in [1.165, 1.54) is 11.3 Å². The molecular weight excluding hydrogens is 386 g/mol. The molecule has 9 nitrogen and oxygen atoms in total. The van der Waals surface area contributed by atoms with Crippen LogP contribution in [0, 0.1) is 0 Å². The Labute approximate surface area is 167 Å². The van der Waals surface area contributed by atoms with Crippen molar-refractivity contribution in [2.45, 2.75) is 70.1 Å². The summed E-state index contributed by atoms with van der Waals surface area (Å²) in [5, 5.41) is 25.4. The number of carboxylic acids is 1. The number of hydrogen-bond donors (Lipinski definition) is 4. The third-order valence-corrected chi connectivity index (χ3v) is 5.35. The minimum Gasteiger partial charge on any atom is -0.480 e. The van der Waals surface area contributed by atoms with Crippen LogP contribution in [-0.4, -0.2) is 57.5 Å². The standard InChI is InChI=1S/C18H27N3O6S/c1-18(2,3)27-17(26)19-11-6-4-10(5-7-11)15-21-13(9-28-15)14(23)20-12(8-22)16(24)25/h9-12,22H,4-8H2,1-3H3,(H,19,26)(H,20,23)(H,24,25). The van der Waals surface area contributed by atoms with E-state index >= 15 is 0 Å². The van der Waals surface area contributed by atoms with Gasteiger partial charge in [0.25, 0.3) is 5.91 Å². The highest BCUT2D eigenvalue weighted by Crippen LogP contribution is 2.34. The van der Waals surface area contributed by atoms with Gasteiger partial charge in [0, 0.05) is 17.3 Å². The molecule has 10 heteroatoms. The summed E-state index contributed by atoms with van der Waals surface area (Å²) < 4.78 is 5.27. The molecule has 1 aromatic rings. The van der Waals surface area contributed by atoms with Crippen LogP contribution in [0.4, 0.5) is 4.79 Å². The molecule has 0 spiro atoms. The van der Waals surface area contributed by atoms with Crippen LogP contribution >= 0.6 is 11.3 Å². The molecule has 1 fully saturated rings. The normalized spacial score (nSPS) is 20.9. The van der Waals surface area contributed by atoms with Crippen LogP contribution in [0.3, 0.4) is 0 Å². The smallest absolute Gasteiger partial charge is 0.407 e. The van der Waals surface area contributed by atoms with Crippen molar-refractivity contribution >= 4 is 29.3 Å². The predicted octanol–water partition coefficient (Wildman–Crippen LogP) is 1.87. The number of carbonyl (C=O) groups excluding carboxylic acids is 2. The summed E-state index contributed by atoms with van der Waals surface area (Å²) in [6.07, 6.45) is 2.81. The molecule has 4 N–H and O–H groups in total. The number of aliphatic hydroxyl groups excluding tert-OH is 1. The van der Waals surface area contributed by atoms with Gasteiger partial charge in [-0.2, -0.15) is 0 Å². The van der Waals surface area contributed by atoms with Crippen LogP contribution in [0.5, 0.6) is 0 Å². The first-order valence-corrected chi connectivity index (χ1v) is 10.1. The van der Waals surface area contributed by atoms with E-state index in [0.717, 1.165) is 30.7 Å². The highest BCUT2D eigenvalue weighted by Gasteiger charge is 2.28. The van der Waals surface area contributed by atoms with Crippen LogP contribution in [0.2, 0.25) is 0 Å². The van der Waals surface area contributed by atoms with Gasteiger partial charge in [0.2, 0.25) is 0 Å². The van der Waals surface area contributed by atoms with Crippen molar-refractivity contribution in [1.82, 2.24) is 15.6 Å². The number of carbonyl (C=O) groups is 3. The fraction of sp³-hybridized carbons (Fsp3) is 0.667. The second-order valence-electron chi connectivity index (χ2n) is 7.81. The molecule has 0 saturated heterocycles. The van der Waals surface area contributed by atoms with Crippen molar-refractivity contribution in [3.05, 3.63) is 16.1 Å². The van der Waals surface area contributed by atoms with Crippen molar-refractivity contribution in [1.29, 1.82) is 0 Å². The zero-order valence-electron chi connectivity index (χ0n) is 16.2. The van der Waals surface area contributed by atoms with Crippen LogP contribution < -0.4 is 10.6 Å². The number of amides is 2. The number of nitrogens with zero attached hydrogens (tertiary/aromatic N) is 1. The van der Waals surface area contributed by atoms with Gasteiger partial charge in [-0.1, -0.05) is 0 Å². The van der Waals surface area contributed by atoms with Gasteiger partial charge < -0.3 is 25.6 Å². The number of carboxylic acid groups (broad SMARTS) is 1. The minimum atomic E-state index is -1.35. The number of aliphatic carboxylic acids is 1. The van der Waals surface area contributed by atoms with E-state index in [9.17, 15) is 14.4 Å². The average molecular weight is 413 g/mol. The molecule has 0 aromatic carbocycles. The van der Waals surface area contributed by atoms with Crippen LogP contribution in [0.15, 0.2) is 5.38 Å². The van der Waals surface area contributed by atoms with E-state index in [1.807, 2.05) is 20.8 Å². The van der Waals surface area contributed by atoms with Crippen LogP contribution in [-0.2, 0) is 9.53 Å². The van der Waals surface area contributed by atoms with Crippen molar-refractivity contribution in [3.63, 3.8) is 0 Å². The Kier molecular flexibility index (Phi) is 7.36. The van der Waals surface area contributed by atoms with E-state index in [2.05, 4.69) is 15.6 Å². The van der Waals surface area contributed by atoms with E-state index in [4.69, 9.17) is 14.9 Å². The average Bonchev–Trinajstić information content (AvgIpc) is 3.08. The Morgan fingerprint density at radius 1 is 1.29 bits per heavy atom. The molecule has 28 heavy (non-hydrogen) atoms. The maximum Gasteiger partial charge on any atom is 0.407 e. The Hall–Kier alpha value is -2.20. The summed E-state index contributed by atoms with van der Waals surface area (Å²) in [4.78, 5) is 39.2. The molecule has 1 saturated carbocycles. The fourth-order valence-electron chi connectivity index (χ4n) is 2.96. The number of rotatable bonds is 6. The zero-order valence-corrected chi connectivity index (χ0v) is 17.0. The highest BCUT2D eigenvalue weighted by atomic mass is 32.1. The Bertz CT molecular complexity index is 706. The van der Waals surface area contributed by atoms with Gasteiger partial charge in [0.1, 0.15) is 11.3 Å². The summed E-state index contributed by atoms with van der Waals surface area (Å²) in [5.74, 6) is -1.73. The van der Waals surface area contributed by atoms with Crippen LogP contribution in [0.1, 0.15) is 67.9 Å². The molecule has 1 atom stereocenters. The largest absolute Gasteiger partial charge is 0.480 e. The summed E-state index contributed by atoms with van der Waals surface area (Å²) in [5.41, 5.74) is -0.386. The minimum absolute atomic E-state index is 0.0507. The van der Waals surface area contributed by atoms with Gasteiger partial charge in [-0.15, -0.1) is 11.3 Å². The molecular formula is C18H27N3O6S. The Balaban J connectivity index is 1.86. The lowest BCUT2D eigenvalue weighted by molar-refractivity contribution is -0.140. The molecule has 156 valence electrons. The van der Waals surface area contributed by atoms with Crippen molar-refractivity contribution in [2.24, 2.45) is 0 Å². The first kappa shape index (κ1) is 22.1. The molecule has 1 aliphatic rings. The number of thiazole rings is 1. The van der Waals surface area contributed by atoms with Crippen LogP contribution in [0.25, 0.3) is 0 Å².